The Bertz CT molecular complexity index is 444. The van der Waals surface area contributed by atoms with E-state index in [9.17, 15) is 4.79 Å². The molecule has 0 aromatic carbocycles. The molecule has 0 fully saturated rings. The van der Waals surface area contributed by atoms with Crippen molar-refractivity contribution in [2.24, 2.45) is 0 Å². The predicted octanol–water partition coefficient (Wildman–Crippen LogP) is 0.676. The van der Waals surface area contributed by atoms with Gasteiger partial charge in [0.15, 0.2) is 5.65 Å². The van der Waals surface area contributed by atoms with Gasteiger partial charge >= 0.3 is 0 Å². The topological polar surface area (TPSA) is 50.2 Å². The molecule has 56 valence electrons. The van der Waals surface area contributed by atoms with Gasteiger partial charge in [-0.1, -0.05) is 11.6 Å². The van der Waals surface area contributed by atoms with E-state index in [-0.39, 0.29) is 5.56 Å². The van der Waals surface area contributed by atoms with E-state index >= 15 is 0 Å². The van der Waals surface area contributed by atoms with Crippen molar-refractivity contribution in [2.45, 2.75) is 0 Å². The Morgan fingerprint density at radius 2 is 2.45 bits per heavy atom. The largest absolute Gasteiger partial charge is 0.268 e. The summed E-state index contributed by atoms with van der Waals surface area (Å²) in [5, 5.41) is 3.00. The lowest BCUT2D eigenvalue weighted by molar-refractivity contribution is 0.920. The van der Waals surface area contributed by atoms with Crippen LogP contribution in [-0.4, -0.2) is 14.6 Å². The Kier molecular flexibility index (Phi) is 1.22. The Labute approximate surface area is 66.4 Å². The van der Waals surface area contributed by atoms with Crippen LogP contribution in [-0.2, 0) is 0 Å². The van der Waals surface area contributed by atoms with Crippen molar-refractivity contribution in [2.75, 3.05) is 0 Å². The van der Waals surface area contributed by atoms with Crippen LogP contribution in [0.5, 0.6) is 0 Å². The van der Waals surface area contributed by atoms with E-state index in [0.717, 1.165) is 0 Å². The maximum absolute atomic E-state index is 10.7. The van der Waals surface area contributed by atoms with E-state index < -0.39 is 0 Å². The second kappa shape index (κ2) is 2.10. The number of halogens is 1. The third-order valence-electron chi connectivity index (χ3n) is 1.31. The molecular formula is C6H4ClN3O. The van der Waals surface area contributed by atoms with Crippen molar-refractivity contribution in [3.8, 4) is 0 Å². The van der Waals surface area contributed by atoms with Crippen molar-refractivity contribution in [1.29, 1.82) is 0 Å². The molecule has 0 bridgehead atoms. The van der Waals surface area contributed by atoms with Crippen LogP contribution in [0.4, 0.5) is 0 Å². The zero-order chi connectivity index (χ0) is 7.84. The van der Waals surface area contributed by atoms with Crippen LogP contribution in [0.1, 0.15) is 0 Å². The number of aromatic amines is 1. The molecule has 0 aliphatic rings. The third kappa shape index (κ3) is 1.01. The molecule has 2 heterocycles. The third-order valence-corrected chi connectivity index (χ3v) is 1.51. The Morgan fingerprint density at radius 1 is 1.64 bits per heavy atom. The van der Waals surface area contributed by atoms with Gasteiger partial charge in [0.2, 0.25) is 0 Å². The van der Waals surface area contributed by atoms with E-state index in [1.807, 2.05) is 0 Å². The first-order chi connectivity index (χ1) is 5.25. The van der Waals surface area contributed by atoms with Crippen LogP contribution in [0.2, 0.25) is 5.02 Å². The summed E-state index contributed by atoms with van der Waals surface area (Å²) in [7, 11) is 0. The lowest BCUT2D eigenvalue weighted by atomic mass is 10.6. The van der Waals surface area contributed by atoms with Gasteiger partial charge in [-0.3, -0.25) is 9.89 Å². The van der Waals surface area contributed by atoms with Crippen molar-refractivity contribution in [3.63, 3.8) is 0 Å². The molecule has 1 N–H and O–H groups in total. The van der Waals surface area contributed by atoms with Gasteiger partial charge in [0.05, 0.1) is 5.02 Å². The monoisotopic (exact) mass is 169 g/mol. The number of nitrogens with zero attached hydrogens (tertiary/aromatic N) is 2. The van der Waals surface area contributed by atoms with Gasteiger partial charge in [-0.15, -0.1) is 0 Å². The number of nitrogens with one attached hydrogen (secondary N) is 1. The fraction of sp³-hybridized carbons (Fsp3) is 0. The summed E-state index contributed by atoms with van der Waals surface area (Å²) in [6, 6.07) is 1.40. The van der Waals surface area contributed by atoms with Crippen LogP contribution < -0.4 is 5.56 Å². The highest BCUT2D eigenvalue weighted by atomic mass is 35.5. The van der Waals surface area contributed by atoms with Crippen LogP contribution in [0.15, 0.2) is 23.3 Å². The summed E-state index contributed by atoms with van der Waals surface area (Å²) >= 11 is 5.62. The van der Waals surface area contributed by atoms with Crippen molar-refractivity contribution in [3.05, 3.63) is 33.8 Å². The van der Waals surface area contributed by atoms with Gasteiger partial charge in [0.1, 0.15) is 0 Å². The van der Waals surface area contributed by atoms with Crippen LogP contribution >= 0.6 is 11.6 Å². The Balaban J connectivity index is 2.92. The van der Waals surface area contributed by atoms with Crippen LogP contribution in [0.3, 0.4) is 0 Å². The molecule has 2 rings (SSSR count). The molecule has 0 atom stereocenters. The first-order valence-electron chi connectivity index (χ1n) is 2.99. The molecule has 0 radical (unpaired) electrons. The van der Waals surface area contributed by atoms with E-state index in [1.54, 1.807) is 6.20 Å². The Morgan fingerprint density at radius 3 is 3.27 bits per heavy atom. The van der Waals surface area contributed by atoms with Crippen molar-refractivity contribution < 1.29 is 0 Å². The standard InChI is InChI=1S/C6H4ClN3O/c7-4-2-8-5-1-6(11)9-10(5)3-4/h1-3H,(H,9,11). The van der Waals surface area contributed by atoms with Crippen LogP contribution in [0.25, 0.3) is 5.65 Å². The van der Waals surface area contributed by atoms with E-state index in [2.05, 4.69) is 10.1 Å². The molecule has 2 aromatic rings. The number of hydrogen-bond donors (Lipinski definition) is 1. The lowest BCUT2D eigenvalue weighted by Crippen LogP contribution is -1.98. The number of fused-ring (bicyclic) bond motifs is 1. The number of rotatable bonds is 0. The second-order valence-corrected chi connectivity index (χ2v) is 2.56. The maximum Gasteiger partial charge on any atom is 0.266 e. The molecule has 5 heteroatoms. The molecule has 0 saturated heterocycles. The van der Waals surface area contributed by atoms with Gasteiger partial charge in [-0.25, -0.2) is 9.50 Å². The average molecular weight is 170 g/mol. The van der Waals surface area contributed by atoms with Gasteiger partial charge in [-0.2, -0.15) is 0 Å². The normalized spacial score (nSPS) is 10.6. The summed E-state index contributed by atoms with van der Waals surface area (Å²) in [5.41, 5.74) is 0.388. The molecule has 0 spiro atoms. The van der Waals surface area contributed by atoms with E-state index in [4.69, 9.17) is 11.6 Å². The average Bonchev–Trinajstić information content (AvgIpc) is 2.27. The van der Waals surface area contributed by atoms with Crippen molar-refractivity contribution >= 4 is 17.2 Å². The van der Waals surface area contributed by atoms with Gasteiger partial charge in [0.25, 0.3) is 5.56 Å². The molecule has 0 amide bonds. The van der Waals surface area contributed by atoms with E-state index in [1.165, 1.54) is 16.8 Å². The van der Waals surface area contributed by atoms with Gasteiger partial charge < -0.3 is 0 Å². The van der Waals surface area contributed by atoms with Gasteiger partial charge in [0, 0.05) is 18.5 Å². The zero-order valence-corrected chi connectivity index (χ0v) is 6.17. The summed E-state index contributed by atoms with van der Waals surface area (Å²) in [6.07, 6.45) is 3.08. The number of aromatic nitrogens is 3. The smallest absolute Gasteiger partial charge is 0.266 e. The molecular weight excluding hydrogens is 166 g/mol. The zero-order valence-electron chi connectivity index (χ0n) is 5.41. The second-order valence-electron chi connectivity index (χ2n) is 2.12. The highest BCUT2D eigenvalue weighted by Crippen LogP contribution is 2.04. The SMILES string of the molecule is O=c1cc2ncc(Cl)cn2[nH]1. The minimum Gasteiger partial charge on any atom is -0.268 e. The quantitative estimate of drug-likeness (QED) is 0.631. The summed E-state index contributed by atoms with van der Waals surface area (Å²) < 4.78 is 1.48. The lowest BCUT2D eigenvalue weighted by Gasteiger charge is -1.91. The maximum atomic E-state index is 10.7. The molecule has 0 saturated carbocycles. The highest BCUT2D eigenvalue weighted by molar-refractivity contribution is 6.30. The molecule has 0 unspecified atom stereocenters. The van der Waals surface area contributed by atoms with Gasteiger partial charge in [-0.05, 0) is 0 Å². The minimum absolute atomic E-state index is 0.181. The fourth-order valence-electron chi connectivity index (χ4n) is 0.877. The molecule has 2 aromatic heterocycles. The molecule has 11 heavy (non-hydrogen) atoms. The molecule has 0 aliphatic carbocycles. The molecule has 4 nitrogen and oxygen atoms in total. The number of H-pyrrole nitrogens is 1. The molecule has 0 aliphatic heterocycles. The van der Waals surface area contributed by atoms with Crippen LogP contribution in [0, 0.1) is 0 Å². The van der Waals surface area contributed by atoms with Crippen molar-refractivity contribution in [1.82, 2.24) is 14.6 Å². The summed E-state index contributed by atoms with van der Waals surface area (Å²) in [5.74, 6) is 0. The minimum atomic E-state index is -0.181. The predicted molar refractivity (Wildman–Crippen MR) is 40.8 cm³/mol. The fourth-order valence-corrected chi connectivity index (χ4v) is 1.02. The first-order valence-corrected chi connectivity index (χ1v) is 3.36. The Hall–Kier alpha value is -1.29. The summed E-state index contributed by atoms with van der Waals surface area (Å²) in [6.45, 7) is 0. The summed E-state index contributed by atoms with van der Waals surface area (Å²) in [4.78, 5) is 14.6. The van der Waals surface area contributed by atoms with E-state index in [0.29, 0.717) is 10.7 Å². The highest BCUT2D eigenvalue weighted by Gasteiger charge is 1.96. The first kappa shape index (κ1) is 6.42. The number of hydrogen-bond acceptors (Lipinski definition) is 2.